The van der Waals surface area contributed by atoms with Crippen molar-refractivity contribution >= 4 is 5.91 Å². The first-order valence-corrected chi connectivity index (χ1v) is 9.86. The van der Waals surface area contributed by atoms with Gasteiger partial charge in [0.1, 0.15) is 5.69 Å². The quantitative estimate of drug-likeness (QED) is 0.581. The zero-order valence-corrected chi connectivity index (χ0v) is 15.7. The third-order valence-corrected chi connectivity index (χ3v) is 4.97. The average Bonchev–Trinajstić information content (AvgIpc) is 2.96. The van der Waals surface area contributed by atoms with Crippen LogP contribution in [-0.4, -0.2) is 34.8 Å². The van der Waals surface area contributed by atoms with Crippen LogP contribution in [0.4, 0.5) is 0 Å². The Hall–Kier alpha value is -2.47. The van der Waals surface area contributed by atoms with Crippen LogP contribution in [0.25, 0.3) is 0 Å². The highest BCUT2D eigenvalue weighted by molar-refractivity contribution is 5.91. The number of hydrogen-bond donors (Lipinski definition) is 2. The maximum atomic E-state index is 12.3. The minimum absolute atomic E-state index is 0.217. The van der Waals surface area contributed by atoms with Crippen LogP contribution in [0.15, 0.2) is 47.3 Å². The molecule has 1 aliphatic carbocycles. The minimum Gasteiger partial charge on any atom is -0.349 e. The van der Waals surface area contributed by atoms with Gasteiger partial charge in [0.05, 0.1) is 6.54 Å². The van der Waals surface area contributed by atoms with E-state index in [1.165, 1.54) is 55.3 Å². The van der Waals surface area contributed by atoms with Gasteiger partial charge in [0.25, 0.3) is 11.5 Å². The molecule has 2 N–H and O–H groups in total. The molecule has 1 heterocycles. The van der Waals surface area contributed by atoms with Crippen LogP contribution in [0.2, 0.25) is 0 Å². The van der Waals surface area contributed by atoms with E-state index in [0.29, 0.717) is 19.1 Å². The fourth-order valence-electron chi connectivity index (χ4n) is 3.47. The van der Waals surface area contributed by atoms with Crippen molar-refractivity contribution < 1.29 is 4.79 Å². The van der Waals surface area contributed by atoms with Gasteiger partial charge in [0.2, 0.25) is 0 Å². The maximum Gasteiger partial charge on any atom is 0.271 e. The molecule has 6 nitrogen and oxygen atoms in total. The number of carbonyl (C=O) groups excluding carboxylic acids is 1. The molecular formula is C21H28N4O2. The number of hydrogen-bond acceptors (Lipinski definition) is 4. The van der Waals surface area contributed by atoms with Crippen molar-refractivity contribution in [3.8, 4) is 0 Å². The first kappa shape index (κ1) is 19.3. The van der Waals surface area contributed by atoms with E-state index in [9.17, 15) is 9.59 Å². The molecule has 0 saturated heterocycles. The number of rotatable bonds is 7. The summed E-state index contributed by atoms with van der Waals surface area (Å²) in [5.74, 6) is -0.250. The lowest BCUT2D eigenvalue weighted by molar-refractivity contribution is 0.0946. The minimum atomic E-state index is -0.250. The predicted molar refractivity (Wildman–Crippen MR) is 106 cm³/mol. The molecule has 0 atom stereocenters. The number of carbonyl (C=O) groups is 1. The third-order valence-electron chi connectivity index (χ3n) is 4.97. The van der Waals surface area contributed by atoms with E-state index in [1.54, 1.807) is 0 Å². The van der Waals surface area contributed by atoms with Crippen molar-refractivity contribution in [1.29, 1.82) is 0 Å². The Labute approximate surface area is 160 Å². The van der Waals surface area contributed by atoms with E-state index in [1.807, 2.05) is 30.3 Å². The van der Waals surface area contributed by atoms with Crippen LogP contribution in [0.3, 0.4) is 0 Å². The van der Waals surface area contributed by atoms with Crippen LogP contribution < -0.4 is 16.2 Å². The summed E-state index contributed by atoms with van der Waals surface area (Å²) in [6.45, 7) is 1.65. The van der Waals surface area contributed by atoms with E-state index in [2.05, 4.69) is 15.7 Å². The van der Waals surface area contributed by atoms with Crippen LogP contribution in [0.5, 0.6) is 0 Å². The standard InChI is InChI=1S/C21H28N4O2/c26-20-13-12-19(24-25(20)16-17-8-4-3-5-9-17)21(27)23-15-14-22-18-10-6-1-2-7-11-18/h3-5,8-9,12-13,18,22H,1-2,6-7,10-11,14-16H2,(H,23,27). The molecule has 0 bridgehead atoms. The molecule has 6 heteroatoms. The average molecular weight is 368 g/mol. The SMILES string of the molecule is O=C(NCCNC1CCCCCC1)c1ccc(=O)n(Cc2ccccc2)n1. The lowest BCUT2D eigenvalue weighted by atomic mass is 10.1. The van der Waals surface area contributed by atoms with Gasteiger partial charge in [-0.3, -0.25) is 9.59 Å². The van der Waals surface area contributed by atoms with Gasteiger partial charge in [0, 0.05) is 25.2 Å². The second-order valence-electron chi connectivity index (χ2n) is 7.10. The zero-order chi connectivity index (χ0) is 18.9. The maximum absolute atomic E-state index is 12.3. The lowest BCUT2D eigenvalue weighted by Crippen LogP contribution is -2.37. The van der Waals surface area contributed by atoms with E-state index in [4.69, 9.17) is 0 Å². The number of aromatic nitrogens is 2. The number of nitrogens with zero attached hydrogens (tertiary/aromatic N) is 2. The second kappa shape index (κ2) is 10.0. The molecule has 1 fully saturated rings. The Kier molecular flexibility index (Phi) is 7.16. The molecule has 0 aliphatic heterocycles. The monoisotopic (exact) mass is 368 g/mol. The zero-order valence-electron chi connectivity index (χ0n) is 15.7. The summed E-state index contributed by atoms with van der Waals surface area (Å²) >= 11 is 0. The molecule has 1 amide bonds. The molecule has 1 aromatic heterocycles. The Balaban J connectivity index is 1.50. The first-order valence-electron chi connectivity index (χ1n) is 9.86. The van der Waals surface area contributed by atoms with Crippen molar-refractivity contribution in [3.05, 3.63) is 64.1 Å². The predicted octanol–water partition coefficient (Wildman–Crippen LogP) is 2.33. The van der Waals surface area contributed by atoms with Crippen molar-refractivity contribution in [2.75, 3.05) is 13.1 Å². The molecular weight excluding hydrogens is 340 g/mol. The number of amides is 1. The van der Waals surface area contributed by atoms with Crippen LogP contribution >= 0.6 is 0 Å². The molecule has 0 unspecified atom stereocenters. The van der Waals surface area contributed by atoms with Crippen LogP contribution in [0.1, 0.15) is 54.6 Å². The van der Waals surface area contributed by atoms with Gasteiger partial charge in [-0.15, -0.1) is 0 Å². The van der Waals surface area contributed by atoms with Crippen molar-refractivity contribution in [2.45, 2.75) is 51.1 Å². The molecule has 0 spiro atoms. The van der Waals surface area contributed by atoms with Crippen molar-refractivity contribution in [2.24, 2.45) is 0 Å². The Morgan fingerprint density at radius 3 is 2.48 bits per heavy atom. The summed E-state index contributed by atoms with van der Waals surface area (Å²) in [6, 6.07) is 13.1. The molecule has 1 aliphatic rings. The molecule has 1 saturated carbocycles. The molecule has 3 rings (SSSR count). The summed E-state index contributed by atoms with van der Waals surface area (Å²) < 4.78 is 1.33. The Morgan fingerprint density at radius 2 is 1.74 bits per heavy atom. The first-order chi connectivity index (χ1) is 13.2. The lowest BCUT2D eigenvalue weighted by Gasteiger charge is -2.16. The van der Waals surface area contributed by atoms with Crippen molar-refractivity contribution in [1.82, 2.24) is 20.4 Å². The highest BCUT2D eigenvalue weighted by atomic mass is 16.2. The summed E-state index contributed by atoms with van der Waals surface area (Å²) in [5, 5.41) is 10.6. The largest absolute Gasteiger partial charge is 0.349 e. The summed E-state index contributed by atoms with van der Waals surface area (Å²) in [5.41, 5.74) is 1.02. The normalized spacial score (nSPS) is 15.3. The topological polar surface area (TPSA) is 76.0 Å². The smallest absolute Gasteiger partial charge is 0.271 e. The van der Waals surface area contributed by atoms with Gasteiger partial charge >= 0.3 is 0 Å². The highest BCUT2D eigenvalue weighted by Crippen LogP contribution is 2.16. The number of nitrogens with one attached hydrogen (secondary N) is 2. The highest BCUT2D eigenvalue weighted by Gasteiger charge is 2.12. The van der Waals surface area contributed by atoms with Gasteiger partial charge in [-0.2, -0.15) is 5.10 Å². The Morgan fingerprint density at radius 1 is 1.00 bits per heavy atom. The van der Waals surface area contributed by atoms with Gasteiger partial charge in [-0.05, 0) is 24.5 Å². The van der Waals surface area contributed by atoms with Crippen LogP contribution in [-0.2, 0) is 6.54 Å². The summed E-state index contributed by atoms with van der Waals surface area (Å²) in [6.07, 6.45) is 7.69. The third kappa shape index (κ3) is 6.03. The Bertz CT molecular complexity index is 780. The van der Waals surface area contributed by atoms with E-state index < -0.39 is 0 Å². The van der Waals surface area contributed by atoms with Gasteiger partial charge in [-0.25, -0.2) is 4.68 Å². The molecule has 144 valence electrons. The second-order valence-corrected chi connectivity index (χ2v) is 7.10. The fraction of sp³-hybridized carbons (Fsp3) is 0.476. The van der Waals surface area contributed by atoms with Gasteiger partial charge in [0.15, 0.2) is 0 Å². The van der Waals surface area contributed by atoms with Crippen molar-refractivity contribution in [3.63, 3.8) is 0 Å². The summed E-state index contributed by atoms with van der Waals surface area (Å²) in [4.78, 5) is 24.4. The van der Waals surface area contributed by atoms with E-state index >= 15 is 0 Å². The molecule has 27 heavy (non-hydrogen) atoms. The van der Waals surface area contributed by atoms with Crippen LogP contribution in [0, 0.1) is 0 Å². The molecule has 0 radical (unpaired) electrons. The molecule has 2 aromatic rings. The van der Waals surface area contributed by atoms with Gasteiger partial charge in [-0.1, -0.05) is 56.0 Å². The van der Waals surface area contributed by atoms with E-state index in [0.717, 1.165) is 12.1 Å². The summed E-state index contributed by atoms with van der Waals surface area (Å²) in [7, 11) is 0. The van der Waals surface area contributed by atoms with Gasteiger partial charge < -0.3 is 10.6 Å². The number of benzene rings is 1. The fourth-order valence-corrected chi connectivity index (χ4v) is 3.47. The van der Waals surface area contributed by atoms with E-state index in [-0.39, 0.29) is 17.2 Å². The molecule has 1 aromatic carbocycles.